The molecule has 0 aromatic carbocycles. The van der Waals surface area contributed by atoms with E-state index < -0.39 is 0 Å². The van der Waals surface area contributed by atoms with Crippen LogP contribution in [0.2, 0.25) is 0 Å². The van der Waals surface area contributed by atoms with Crippen LogP contribution in [0.3, 0.4) is 0 Å². The summed E-state index contributed by atoms with van der Waals surface area (Å²) in [5.74, 6) is 0.955. The van der Waals surface area contributed by atoms with Gasteiger partial charge in [0.25, 0.3) is 0 Å². The summed E-state index contributed by atoms with van der Waals surface area (Å²) in [5, 5.41) is 9.35. The third-order valence-corrected chi connectivity index (χ3v) is 4.66. The highest BCUT2D eigenvalue weighted by Crippen LogP contribution is 2.35. The Bertz CT molecular complexity index is 572. The first-order valence-corrected chi connectivity index (χ1v) is 7.32. The molecule has 1 aliphatic rings. The van der Waals surface area contributed by atoms with Gasteiger partial charge >= 0.3 is 0 Å². The van der Waals surface area contributed by atoms with Gasteiger partial charge in [-0.05, 0) is 42.9 Å². The maximum atomic E-state index is 5.43. The van der Waals surface area contributed by atoms with Gasteiger partial charge < -0.3 is 4.74 Å². The predicted molar refractivity (Wildman–Crippen MR) is 74.4 cm³/mol. The van der Waals surface area contributed by atoms with Crippen molar-refractivity contribution < 1.29 is 4.74 Å². The lowest BCUT2D eigenvalue weighted by Crippen LogP contribution is -2.10. The van der Waals surface area contributed by atoms with Crippen molar-refractivity contribution in [2.24, 2.45) is 0 Å². The largest absolute Gasteiger partial charge is 0.381 e. The summed E-state index contributed by atoms with van der Waals surface area (Å²) >= 11 is 7.05. The number of nitrogens with one attached hydrogen (secondary N) is 1. The fourth-order valence-corrected chi connectivity index (χ4v) is 3.58. The van der Waals surface area contributed by atoms with Crippen molar-refractivity contribution in [1.29, 1.82) is 0 Å². The molecule has 3 rings (SSSR count). The van der Waals surface area contributed by atoms with Crippen LogP contribution >= 0.6 is 23.6 Å². The minimum Gasteiger partial charge on any atom is -0.381 e. The van der Waals surface area contributed by atoms with Crippen molar-refractivity contribution in [2.75, 3.05) is 7.11 Å². The molecule has 2 heterocycles. The molecule has 0 amide bonds. The average molecular weight is 281 g/mol. The highest BCUT2D eigenvalue weighted by atomic mass is 32.1. The van der Waals surface area contributed by atoms with E-state index in [0.717, 1.165) is 30.0 Å². The number of rotatable bonds is 3. The van der Waals surface area contributed by atoms with Gasteiger partial charge in [0.2, 0.25) is 0 Å². The predicted octanol–water partition coefficient (Wildman–Crippen LogP) is 3.41. The van der Waals surface area contributed by atoms with Crippen LogP contribution in [-0.2, 0) is 4.74 Å². The first-order chi connectivity index (χ1) is 8.79. The van der Waals surface area contributed by atoms with Crippen molar-refractivity contribution in [1.82, 2.24) is 14.8 Å². The summed E-state index contributed by atoms with van der Waals surface area (Å²) in [4.78, 5) is 1.16. The van der Waals surface area contributed by atoms with Crippen LogP contribution < -0.4 is 0 Å². The fraction of sp³-hybridized carbons (Fsp3) is 0.500. The summed E-state index contributed by atoms with van der Waals surface area (Å²) in [7, 11) is 1.78. The highest BCUT2D eigenvalue weighted by molar-refractivity contribution is 7.71. The SMILES string of the molecule is COC1CCC(n2c(-c3cccs3)n[nH]c2=S)C1. The molecule has 0 radical (unpaired) electrons. The normalized spacial score (nSPS) is 23.6. The average Bonchev–Trinajstić information content (AvgIpc) is 3.07. The molecule has 2 aromatic rings. The minimum absolute atomic E-state index is 0.350. The molecule has 2 atom stereocenters. The van der Waals surface area contributed by atoms with Gasteiger partial charge in [-0.1, -0.05) is 6.07 Å². The van der Waals surface area contributed by atoms with E-state index >= 15 is 0 Å². The van der Waals surface area contributed by atoms with E-state index in [1.807, 2.05) is 6.07 Å². The van der Waals surface area contributed by atoms with E-state index in [4.69, 9.17) is 17.0 Å². The monoisotopic (exact) mass is 281 g/mol. The Morgan fingerprint density at radius 2 is 2.44 bits per heavy atom. The van der Waals surface area contributed by atoms with Crippen molar-refractivity contribution in [3.05, 3.63) is 22.3 Å². The summed E-state index contributed by atoms with van der Waals surface area (Å²) in [6.45, 7) is 0. The Balaban J connectivity index is 1.97. The molecule has 0 aliphatic heterocycles. The molecule has 1 N–H and O–H groups in total. The van der Waals surface area contributed by atoms with E-state index in [2.05, 4.69) is 26.2 Å². The Morgan fingerprint density at radius 3 is 3.11 bits per heavy atom. The van der Waals surface area contributed by atoms with Gasteiger partial charge in [-0.3, -0.25) is 9.67 Å². The quantitative estimate of drug-likeness (QED) is 0.877. The molecule has 1 aliphatic carbocycles. The van der Waals surface area contributed by atoms with Gasteiger partial charge in [0.15, 0.2) is 10.6 Å². The molecular weight excluding hydrogens is 266 g/mol. The van der Waals surface area contributed by atoms with Crippen LogP contribution in [0.4, 0.5) is 0 Å². The van der Waals surface area contributed by atoms with Gasteiger partial charge in [0, 0.05) is 13.2 Å². The lowest BCUT2D eigenvalue weighted by Gasteiger charge is -2.14. The number of aromatic nitrogens is 3. The zero-order valence-corrected chi connectivity index (χ0v) is 11.8. The number of nitrogens with zero attached hydrogens (tertiary/aromatic N) is 2. The zero-order valence-electron chi connectivity index (χ0n) is 10.1. The van der Waals surface area contributed by atoms with Gasteiger partial charge in [0.05, 0.1) is 11.0 Å². The van der Waals surface area contributed by atoms with Crippen LogP contribution in [0.15, 0.2) is 17.5 Å². The Kier molecular flexibility index (Phi) is 3.32. The molecule has 0 bridgehead atoms. The number of hydrogen-bond acceptors (Lipinski definition) is 4. The number of aromatic amines is 1. The molecule has 0 spiro atoms. The first kappa shape index (κ1) is 12.1. The van der Waals surface area contributed by atoms with Gasteiger partial charge in [-0.25, -0.2) is 0 Å². The number of H-pyrrole nitrogens is 1. The van der Waals surface area contributed by atoms with Crippen molar-refractivity contribution >= 4 is 23.6 Å². The van der Waals surface area contributed by atoms with Crippen LogP contribution in [0, 0.1) is 4.77 Å². The Morgan fingerprint density at radius 1 is 1.56 bits per heavy atom. The highest BCUT2D eigenvalue weighted by Gasteiger charge is 2.28. The standard InChI is InChI=1S/C12H15N3OS2/c1-16-9-5-4-8(7-9)15-11(13-14-12(15)17)10-3-2-6-18-10/h2-3,6,8-9H,4-5,7H2,1H3,(H,14,17). The molecule has 18 heavy (non-hydrogen) atoms. The van der Waals surface area contributed by atoms with Crippen molar-refractivity contribution in [2.45, 2.75) is 31.4 Å². The molecule has 4 nitrogen and oxygen atoms in total. The molecule has 1 fully saturated rings. The van der Waals surface area contributed by atoms with Crippen molar-refractivity contribution in [3.63, 3.8) is 0 Å². The van der Waals surface area contributed by atoms with E-state index in [1.54, 1.807) is 18.4 Å². The maximum absolute atomic E-state index is 5.43. The molecule has 6 heteroatoms. The zero-order chi connectivity index (χ0) is 12.5. The smallest absolute Gasteiger partial charge is 0.195 e. The molecule has 96 valence electrons. The van der Waals surface area contributed by atoms with Gasteiger partial charge in [-0.2, -0.15) is 5.10 Å². The Hall–Kier alpha value is -0.980. The van der Waals surface area contributed by atoms with Crippen LogP contribution in [0.25, 0.3) is 10.7 Å². The fourth-order valence-electron chi connectivity index (χ4n) is 2.59. The van der Waals surface area contributed by atoms with E-state index in [-0.39, 0.29) is 0 Å². The van der Waals surface area contributed by atoms with E-state index in [9.17, 15) is 0 Å². The minimum atomic E-state index is 0.350. The second-order valence-electron chi connectivity index (χ2n) is 4.52. The number of thiophene rings is 1. The maximum Gasteiger partial charge on any atom is 0.195 e. The molecular formula is C12H15N3OS2. The Labute approximate surface area is 115 Å². The first-order valence-electron chi connectivity index (χ1n) is 6.03. The lowest BCUT2D eigenvalue weighted by atomic mass is 10.2. The number of ether oxygens (including phenoxy) is 1. The van der Waals surface area contributed by atoms with E-state index in [0.29, 0.717) is 16.9 Å². The van der Waals surface area contributed by atoms with Crippen molar-refractivity contribution in [3.8, 4) is 10.7 Å². The van der Waals surface area contributed by atoms with Crippen LogP contribution in [0.5, 0.6) is 0 Å². The molecule has 2 unspecified atom stereocenters. The number of hydrogen-bond donors (Lipinski definition) is 1. The lowest BCUT2D eigenvalue weighted by molar-refractivity contribution is 0.106. The summed E-state index contributed by atoms with van der Waals surface area (Å²) in [5.41, 5.74) is 0. The third-order valence-electron chi connectivity index (χ3n) is 3.50. The topological polar surface area (TPSA) is 42.8 Å². The summed E-state index contributed by atoms with van der Waals surface area (Å²) < 4.78 is 8.30. The third kappa shape index (κ3) is 2.04. The summed E-state index contributed by atoms with van der Waals surface area (Å²) in [6.07, 6.45) is 3.56. The van der Waals surface area contributed by atoms with Gasteiger partial charge in [0.1, 0.15) is 0 Å². The number of methoxy groups -OCH3 is 1. The second-order valence-corrected chi connectivity index (χ2v) is 5.86. The molecule has 0 saturated heterocycles. The van der Waals surface area contributed by atoms with Gasteiger partial charge in [-0.15, -0.1) is 11.3 Å². The van der Waals surface area contributed by atoms with Crippen LogP contribution in [0.1, 0.15) is 25.3 Å². The summed E-state index contributed by atoms with van der Waals surface area (Å²) in [6, 6.07) is 4.52. The molecule has 2 aromatic heterocycles. The molecule has 1 saturated carbocycles. The van der Waals surface area contributed by atoms with Crippen LogP contribution in [-0.4, -0.2) is 28.0 Å². The van der Waals surface area contributed by atoms with E-state index in [1.165, 1.54) is 0 Å². The second kappa shape index (κ2) is 4.95.